The first-order valence-electron chi connectivity index (χ1n) is 6.32. The lowest BCUT2D eigenvalue weighted by Crippen LogP contribution is -2.07. The molecule has 1 aliphatic carbocycles. The molecule has 0 fully saturated rings. The van der Waals surface area contributed by atoms with E-state index in [2.05, 4.69) is 10.3 Å². The van der Waals surface area contributed by atoms with Crippen LogP contribution in [0.2, 0.25) is 0 Å². The van der Waals surface area contributed by atoms with Gasteiger partial charge in [0.25, 0.3) is 0 Å². The van der Waals surface area contributed by atoms with Crippen molar-refractivity contribution in [3.63, 3.8) is 0 Å². The van der Waals surface area contributed by atoms with Gasteiger partial charge in [-0.2, -0.15) is 0 Å². The Hall–Kier alpha value is -1.46. The largest absolute Gasteiger partial charge is 0.298 e. The van der Waals surface area contributed by atoms with Crippen molar-refractivity contribution in [3.8, 4) is 0 Å². The van der Waals surface area contributed by atoms with Crippen LogP contribution in [-0.4, -0.2) is 10.9 Å². The normalized spacial score (nSPS) is 14.5. The molecule has 0 bridgehead atoms. The van der Waals surface area contributed by atoms with Crippen molar-refractivity contribution >= 4 is 39.8 Å². The molecule has 0 spiro atoms. The molecule has 0 aliphatic heterocycles. The van der Waals surface area contributed by atoms with Crippen LogP contribution in [0.1, 0.15) is 28.3 Å². The van der Waals surface area contributed by atoms with E-state index >= 15 is 0 Å². The fraction of sp³-hybridized carbons (Fsp3) is 0.286. The Bertz CT molecular complexity index is 575. The molecule has 3 nitrogen and oxygen atoms in total. The van der Waals surface area contributed by atoms with Gasteiger partial charge < -0.3 is 0 Å². The molecular formula is C14H14N2OS2. The topological polar surface area (TPSA) is 42.0 Å². The van der Waals surface area contributed by atoms with E-state index in [0.29, 0.717) is 0 Å². The van der Waals surface area contributed by atoms with Gasteiger partial charge in [0.05, 0.1) is 5.69 Å². The van der Waals surface area contributed by atoms with Gasteiger partial charge in [-0.3, -0.25) is 10.1 Å². The number of carbonyl (C=O) groups excluding carboxylic acids is 1. The van der Waals surface area contributed by atoms with E-state index in [1.54, 1.807) is 28.7 Å². The molecule has 0 saturated carbocycles. The summed E-state index contributed by atoms with van der Waals surface area (Å²) in [6.07, 6.45) is 7.99. The Balaban J connectivity index is 1.64. The number of rotatable bonds is 3. The Morgan fingerprint density at radius 2 is 2.26 bits per heavy atom. The first-order valence-corrected chi connectivity index (χ1v) is 8.02. The second-order valence-corrected chi connectivity index (χ2v) is 6.50. The summed E-state index contributed by atoms with van der Waals surface area (Å²) in [5, 5.41) is 5.57. The van der Waals surface area contributed by atoms with Crippen LogP contribution in [0.3, 0.4) is 0 Å². The van der Waals surface area contributed by atoms with E-state index in [4.69, 9.17) is 0 Å². The molecule has 2 heterocycles. The standard InChI is InChI=1S/C14H14N2OS2/c17-13(8-7-10-4-3-9-18-10)16-14-15-11-5-1-2-6-12(11)19-14/h3-4,7-9H,1-2,5-6H2,(H,15,16,17)/b8-7+. The molecule has 2 aromatic rings. The maximum Gasteiger partial charge on any atom is 0.250 e. The molecule has 98 valence electrons. The number of thiophene rings is 1. The van der Waals surface area contributed by atoms with Crippen LogP contribution in [0.4, 0.5) is 5.13 Å². The fourth-order valence-electron chi connectivity index (χ4n) is 2.10. The van der Waals surface area contributed by atoms with Gasteiger partial charge in [0.15, 0.2) is 5.13 Å². The average molecular weight is 290 g/mol. The number of anilines is 1. The Kier molecular flexibility index (Phi) is 3.75. The molecule has 0 radical (unpaired) electrons. The first kappa shape index (κ1) is 12.6. The van der Waals surface area contributed by atoms with Gasteiger partial charge in [-0.25, -0.2) is 4.98 Å². The number of fused-ring (bicyclic) bond motifs is 1. The molecule has 1 N–H and O–H groups in total. The number of hydrogen-bond acceptors (Lipinski definition) is 4. The number of aryl methyl sites for hydroxylation is 2. The smallest absolute Gasteiger partial charge is 0.250 e. The molecule has 0 unspecified atom stereocenters. The lowest BCUT2D eigenvalue weighted by molar-refractivity contribution is -0.111. The third-order valence-corrected chi connectivity index (χ3v) is 4.93. The highest BCUT2D eigenvalue weighted by Gasteiger charge is 2.15. The molecule has 0 aromatic carbocycles. The van der Waals surface area contributed by atoms with Crippen molar-refractivity contribution in [1.29, 1.82) is 0 Å². The predicted octanol–water partition coefficient (Wildman–Crippen LogP) is 3.74. The van der Waals surface area contributed by atoms with Crippen LogP contribution < -0.4 is 5.32 Å². The van der Waals surface area contributed by atoms with Crippen LogP contribution >= 0.6 is 22.7 Å². The number of thiazole rings is 1. The summed E-state index contributed by atoms with van der Waals surface area (Å²) in [5.74, 6) is -0.112. The number of nitrogens with one attached hydrogen (secondary N) is 1. The van der Waals surface area contributed by atoms with Gasteiger partial charge in [0.2, 0.25) is 5.91 Å². The van der Waals surface area contributed by atoms with Gasteiger partial charge in [0.1, 0.15) is 0 Å². The number of aromatic nitrogens is 1. The Labute approximate surface area is 120 Å². The van der Waals surface area contributed by atoms with Crippen LogP contribution in [0.5, 0.6) is 0 Å². The van der Waals surface area contributed by atoms with Gasteiger partial charge >= 0.3 is 0 Å². The Morgan fingerprint density at radius 3 is 3.05 bits per heavy atom. The molecule has 19 heavy (non-hydrogen) atoms. The van der Waals surface area contributed by atoms with Crippen molar-refractivity contribution in [2.24, 2.45) is 0 Å². The quantitative estimate of drug-likeness (QED) is 0.875. The molecule has 1 aliphatic rings. The Morgan fingerprint density at radius 1 is 1.37 bits per heavy atom. The van der Waals surface area contributed by atoms with Crippen molar-refractivity contribution in [3.05, 3.63) is 39.0 Å². The number of carbonyl (C=O) groups is 1. The van der Waals surface area contributed by atoms with Gasteiger partial charge in [-0.05, 0) is 43.2 Å². The zero-order valence-corrected chi connectivity index (χ0v) is 12.0. The molecular weight excluding hydrogens is 276 g/mol. The lowest BCUT2D eigenvalue weighted by Gasteiger charge is -2.06. The summed E-state index contributed by atoms with van der Waals surface area (Å²) in [6.45, 7) is 0. The molecule has 2 aromatic heterocycles. The van der Waals surface area contributed by atoms with Crippen molar-refractivity contribution < 1.29 is 4.79 Å². The van der Waals surface area contributed by atoms with Crippen molar-refractivity contribution in [1.82, 2.24) is 4.98 Å². The second-order valence-electron chi connectivity index (χ2n) is 4.43. The van der Waals surface area contributed by atoms with E-state index in [9.17, 15) is 4.79 Å². The molecule has 0 atom stereocenters. The number of hydrogen-bond donors (Lipinski definition) is 1. The number of nitrogens with zero attached hydrogens (tertiary/aromatic N) is 1. The predicted molar refractivity (Wildman–Crippen MR) is 80.7 cm³/mol. The highest BCUT2D eigenvalue weighted by molar-refractivity contribution is 7.15. The van der Waals surface area contributed by atoms with Gasteiger partial charge in [-0.1, -0.05) is 6.07 Å². The molecule has 5 heteroatoms. The van der Waals surface area contributed by atoms with Crippen molar-refractivity contribution in [2.75, 3.05) is 5.32 Å². The van der Waals surface area contributed by atoms with E-state index in [-0.39, 0.29) is 5.91 Å². The summed E-state index contributed by atoms with van der Waals surface area (Å²) in [6, 6.07) is 3.95. The maximum atomic E-state index is 11.8. The minimum Gasteiger partial charge on any atom is -0.298 e. The third kappa shape index (κ3) is 3.11. The fourth-order valence-corrected chi connectivity index (χ4v) is 3.77. The summed E-state index contributed by atoms with van der Waals surface area (Å²) in [7, 11) is 0. The van der Waals surface area contributed by atoms with E-state index < -0.39 is 0 Å². The zero-order valence-electron chi connectivity index (χ0n) is 10.4. The van der Waals surface area contributed by atoms with Gasteiger partial charge in [-0.15, -0.1) is 22.7 Å². The van der Waals surface area contributed by atoms with Crippen LogP contribution in [0.25, 0.3) is 6.08 Å². The van der Waals surface area contributed by atoms with E-state index in [0.717, 1.165) is 22.9 Å². The second kappa shape index (κ2) is 5.67. The van der Waals surface area contributed by atoms with E-state index in [1.807, 2.05) is 23.6 Å². The van der Waals surface area contributed by atoms with Gasteiger partial charge in [0, 0.05) is 15.8 Å². The first-order chi connectivity index (χ1) is 9.31. The van der Waals surface area contributed by atoms with Crippen LogP contribution in [0, 0.1) is 0 Å². The average Bonchev–Trinajstić information content (AvgIpc) is 3.04. The minimum atomic E-state index is -0.112. The molecule has 0 saturated heterocycles. The third-order valence-electron chi connectivity index (χ3n) is 3.02. The van der Waals surface area contributed by atoms with Crippen LogP contribution in [0.15, 0.2) is 23.6 Å². The van der Waals surface area contributed by atoms with E-state index in [1.165, 1.54) is 23.4 Å². The summed E-state index contributed by atoms with van der Waals surface area (Å²) in [4.78, 5) is 18.7. The minimum absolute atomic E-state index is 0.112. The monoisotopic (exact) mass is 290 g/mol. The summed E-state index contributed by atoms with van der Waals surface area (Å²) < 4.78 is 0. The zero-order chi connectivity index (χ0) is 13.1. The highest BCUT2D eigenvalue weighted by atomic mass is 32.1. The maximum absolute atomic E-state index is 11.8. The SMILES string of the molecule is O=C(/C=C/c1cccs1)Nc1nc2c(s1)CCCC2. The van der Waals surface area contributed by atoms with Crippen molar-refractivity contribution in [2.45, 2.75) is 25.7 Å². The molecule has 1 amide bonds. The highest BCUT2D eigenvalue weighted by Crippen LogP contribution is 2.29. The number of amides is 1. The summed E-state index contributed by atoms with van der Waals surface area (Å²) >= 11 is 3.23. The summed E-state index contributed by atoms with van der Waals surface area (Å²) in [5.41, 5.74) is 1.17. The lowest BCUT2D eigenvalue weighted by atomic mass is 10.0. The molecule has 3 rings (SSSR count). The van der Waals surface area contributed by atoms with Crippen LogP contribution in [-0.2, 0) is 17.6 Å².